The lowest BCUT2D eigenvalue weighted by Gasteiger charge is -2.07. The van der Waals surface area contributed by atoms with Gasteiger partial charge < -0.3 is 9.47 Å². The minimum Gasteiger partial charge on any atom is -0.465 e. The molecule has 6 heteroatoms. The molecule has 0 N–H and O–H groups in total. The van der Waals surface area contributed by atoms with E-state index in [0.29, 0.717) is 17.2 Å². The first-order valence-corrected chi connectivity index (χ1v) is 7.48. The van der Waals surface area contributed by atoms with Crippen molar-refractivity contribution >= 4 is 27.5 Å². The highest BCUT2D eigenvalue weighted by Gasteiger charge is 2.14. The number of carbonyl (C=O) groups excluding carboxylic acids is 1. The molecule has 0 aliphatic carbocycles. The summed E-state index contributed by atoms with van der Waals surface area (Å²) in [5.41, 5.74) is 1.60. The quantitative estimate of drug-likeness (QED) is 0.686. The van der Waals surface area contributed by atoms with Crippen molar-refractivity contribution < 1.29 is 14.3 Å². The molecule has 0 fully saturated rings. The minimum atomic E-state index is -0.375. The molecule has 0 saturated carbocycles. The summed E-state index contributed by atoms with van der Waals surface area (Å²) in [6, 6.07) is 6.75. The third-order valence-electron chi connectivity index (χ3n) is 3.42. The van der Waals surface area contributed by atoms with Crippen molar-refractivity contribution in [1.82, 2.24) is 9.97 Å². The van der Waals surface area contributed by atoms with Gasteiger partial charge in [0.15, 0.2) is 0 Å². The number of aromatic nitrogens is 2. The van der Waals surface area contributed by atoms with E-state index in [1.165, 1.54) is 18.3 Å². The number of hydrogen-bond acceptors (Lipinski definition) is 6. The molecular weight excluding hydrogens is 300 g/mol. The van der Waals surface area contributed by atoms with Crippen molar-refractivity contribution in [2.24, 2.45) is 0 Å². The number of fused-ring (bicyclic) bond motifs is 1. The van der Waals surface area contributed by atoms with E-state index in [9.17, 15) is 4.79 Å². The third-order valence-corrected chi connectivity index (χ3v) is 4.54. The fourth-order valence-electron chi connectivity index (χ4n) is 2.12. The van der Waals surface area contributed by atoms with Gasteiger partial charge in [-0.15, -0.1) is 11.3 Å². The Bertz CT molecular complexity index is 840. The normalized spacial score (nSPS) is 10.7. The van der Waals surface area contributed by atoms with Gasteiger partial charge in [0.05, 0.1) is 18.1 Å². The number of nitrogens with zero attached hydrogens (tertiary/aromatic N) is 2. The highest BCUT2D eigenvalue weighted by atomic mass is 32.1. The van der Waals surface area contributed by atoms with E-state index in [0.717, 1.165) is 15.8 Å². The molecule has 2 heterocycles. The average Bonchev–Trinajstić information content (AvgIpc) is 2.83. The van der Waals surface area contributed by atoms with Crippen LogP contribution in [0, 0.1) is 13.8 Å². The zero-order chi connectivity index (χ0) is 15.7. The van der Waals surface area contributed by atoms with Gasteiger partial charge in [-0.2, -0.15) is 0 Å². The lowest BCUT2D eigenvalue weighted by atomic mass is 10.2. The van der Waals surface area contributed by atoms with Crippen LogP contribution in [-0.2, 0) is 4.74 Å². The number of hydrogen-bond donors (Lipinski definition) is 0. The zero-order valence-corrected chi connectivity index (χ0v) is 13.2. The fourth-order valence-corrected chi connectivity index (χ4v) is 3.10. The third kappa shape index (κ3) is 2.53. The van der Waals surface area contributed by atoms with Crippen molar-refractivity contribution in [3.05, 3.63) is 46.6 Å². The molecule has 1 aromatic carbocycles. The monoisotopic (exact) mass is 314 g/mol. The smallest absolute Gasteiger partial charge is 0.337 e. The Morgan fingerprint density at radius 3 is 2.55 bits per heavy atom. The summed E-state index contributed by atoms with van der Waals surface area (Å²) in [5.74, 6) is 0.758. The van der Waals surface area contributed by atoms with Crippen molar-refractivity contribution in [2.75, 3.05) is 7.11 Å². The highest BCUT2D eigenvalue weighted by Crippen LogP contribution is 2.35. The number of thiophene rings is 1. The SMILES string of the molecule is COC(=O)c1ccc(Oc2ncnc3sc(C)c(C)c23)cc1. The van der Waals surface area contributed by atoms with Crippen LogP contribution in [0.2, 0.25) is 0 Å². The Morgan fingerprint density at radius 1 is 1.14 bits per heavy atom. The maximum atomic E-state index is 11.4. The van der Waals surface area contributed by atoms with E-state index in [2.05, 4.69) is 21.6 Å². The van der Waals surface area contributed by atoms with E-state index in [-0.39, 0.29) is 5.97 Å². The summed E-state index contributed by atoms with van der Waals surface area (Å²) in [7, 11) is 1.35. The number of carbonyl (C=O) groups is 1. The lowest BCUT2D eigenvalue weighted by Crippen LogP contribution is -2.00. The Hall–Kier alpha value is -2.47. The van der Waals surface area contributed by atoms with Crippen LogP contribution in [0.4, 0.5) is 0 Å². The molecule has 3 rings (SSSR count). The Balaban J connectivity index is 1.95. The molecule has 0 atom stereocenters. The Labute approximate surface area is 131 Å². The van der Waals surface area contributed by atoms with Crippen molar-refractivity contribution in [3.8, 4) is 11.6 Å². The molecule has 22 heavy (non-hydrogen) atoms. The van der Waals surface area contributed by atoms with Gasteiger partial charge in [-0.1, -0.05) is 0 Å². The minimum absolute atomic E-state index is 0.375. The lowest BCUT2D eigenvalue weighted by molar-refractivity contribution is 0.0600. The number of ether oxygens (including phenoxy) is 2. The van der Waals surface area contributed by atoms with Gasteiger partial charge in [0.25, 0.3) is 0 Å². The molecule has 3 aromatic rings. The van der Waals surface area contributed by atoms with Crippen LogP contribution in [0.3, 0.4) is 0 Å². The van der Waals surface area contributed by atoms with Crippen LogP contribution in [0.15, 0.2) is 30.6 Å². The molecule has 112 valence electrons. The van der Waals surface area contributed by atoms with Gasteiger partial charge in [-0.05, 0) is 43.7 Å². The van der Waals surface area contributed by atoms with E-state index in [4.69, 9.17) is 4.74 Å². The predicted molar refractivity (Wildman–Crippen MR) is 84.7 cm³/mol. The first-order chi connectivity index (χ1) is 10.6. The van der Waals surface area contributed by atoms with E-state index < -0.39 is 0 Å². The average molecular weight is 314 g/mol. The summed E-state index contributed by atoms with van der Waals surface area (Å²) in [4.78, 5) is 22.0. The predicted octanol–water partition coefficient (Wildman–Crippen LogP) is 3.89. The van der Waals surface area contributed by atoms with E-state index in [1.807, 2.05) is 6.92 Å². The number of aryl methyl sites for hydroxylation is 2. The molecule has 2 aromatic heterocycles. The first-order valence-electron chi connectivity index (χ1n) is 6.67. The fraction of sp³-hybridized carbons (Fsp3) is 0.188. The molecule has 0 amide bonds. The zero-order valence-electron chi connectivity index (χ0n) is 12.4. The number of benzene rings is 1. The molecule has 0 radical (unpaired) electrons. The molecular formula is C16H14N2O3S. The Morgan fingerprint density at radius 2 is 1.86 bits per heavy atom. The van der Waals surface area contributed by atoms with Crippen LogP contribution < -0.4 is 4.74 Å². The standard InChI is InChI=1S/C16H14N2O3S/c1-9-10(2)22-15-13(9)14(17-8-18-15)21-12-6-4-11(5-7-12)16(19)20-3/h4-8H,1-3H3. The molecule has 0 aliphatic rings. The van der Waals surface area contributed by atoms with Crippen molar-refractivity contribution in [1.29, 1.82) is 0 Å². The molecule has 0 aliphatic heterocycles. The molecule has 0 unspecified atom stereocenters. The van der Waals surface area contributed by atoms with Gasteiger partial charge in [-0.3, -0.25) is 0 Å². The summed E-state index contributed by atoms with van der Waals surface area (Å²) in [5, 5.41) is 0.932. The van der Waals surface area contributed by atoms with Crippen molar-refractivity contribution in [2.45, 2.75) is 13.8 Å². The van der Waals surface area contributed by atoms with Gasteiger partial charge in [0, 0.05) is 4.88 Å². The second-order valence-electron chi connectivity index (χ2n) is 4.76. The van der Waals surface area contributed by atoms with Gasteiger partial charge >= 0.3 is 5.97 Å². The van der Waals surface area contributed by atoms with E-state index in [1.54, 1.807) is 35.6 Å². The summed E-state index contributed by atoms with van der Waals surface area (Å²) < 4.78 is 10.5. The Kier molecular flexibility index (Phi) is 3.77. The summed E-state index contributed by atoms with van der Waals surface area (Å²) in [6.45, 7) is 4.08. The van der Waals surface area contributed by atoms with Crippen LogP contribution in [0.5, 0.6) is 11.6 Å². The largest absolute Gasteiger partial charge is 0.465 e. The maximum Gasteiger partial charge on any atom is 0.337 e. The van der Waals surface area contributed by atoms with Gasteiger partial charge in [-0.25, -0.2) is 14.8 Å². The topological polar surface area (TPSA) is 61.3 Å². The van der Waals surface area contributed by atoms with Crippen LogP contribution >= 0.6 is 11.3 Å². The second-order valence-corrected chi connectivity index (χ2v) is 5.96. The van der Waals surface area contributed by atoms with Crippen LogP contribution in [0.25, 0.3) is 10.2 Å². The van der Waals surface area contributed by atoms with Gasteiger partial charge in [0.2, 0.25) is 5.88 Å². The van der Waals surface area contributed by atoms with Crippen molar-refractivity contribution in [3.63, 3.8) is 0 Å². The first kappa shape index (κ1) is 14.5. The van der Waals surface area contributed by atoms with Gasteiger partial charge in [0.1, 0.15) is 16.9 Å². The second kappa shape index (κ2) is 5.73. The number of methoxy groups -OCH3 is 1. The number of rotatable bonds is 3. The molecule has 0 saturated heterocycles. The van der Waals surface area contributed by atoms with Crippen LogP contribution in [-0.4, -0.2) is 23.0 Å². The molecule has 0 spiro atoms. The number of esters is 1. The summed E-state index contributed by atoms with van der Waals surface area (Å²) >= 11 is 1.62. The molecule has 5 nitrogen and oxygen atoms in total. The highest BCUT2D eigenvalue weighted by molar-refractivity contribution is 7.18. The summed E-state index contributed by atoms with van der Waals surface area (Å²) in [6.07, 6.45) is 1.50. The van der Waals surface area contributed by atoms with Crippen LogP contribution in [0.1, 0.15) is 20.8 Å². The molecule has 0 bridgehead atoms. The van der Waals surface area contributed by atoms with E-state index >= 15 is 0 Å². The maximum absolute atomic E-state index is 11.4.